The molecule has 0 aromatic heterocycles. The lowest BCUT2D eigenvalue weighted by Gasteiger charge is -2.27. The van der Waals surface area contributed by atoms with Crippen molar-refractivity contribution < 1.29 is 4.79 Å². The molecule has 0 aliphatic carbocycles. The van der Waals surface area contributed by atoms with Crippen LogP contribution in [-0.2, 0) is 11.2 Å². The molecule has 0 bridgehead atoms. The molecule has 0 fully saturated rings. The quantitative estimate of drug-likeness (QED) is 0.756. The first kappa shape index (κ1) is 14.0. The second-order valence-electron chi connectivity index (χ2n) is 5.47. The molecule has 1 amide bonds. The van der Waals surface area contributed by atoms with Gasteiger partial charge in [0.1, 0.15) is 0 Å². The maximum Gasteiger partial charge on any atom is 0.237 e. The molecule has 4 nitrogen and oxygen atoms in total. The Hall–Kier alpha value is -1.39. The lowest BCUT2D eigenvalue weighted by Crippen LogP contribution is -2.47. The zero-order valence-electron chi connectivity index (χ0n) is 11.6. The monoisotopic (exact) mass is 261 g/mol. The molecule has 0 saturated carbocycles. The summed E-state index contributed by atoms with van der Waals surface area (Å²) >= 11 is 0. The van der Waals surface area contributed by atoms with E-state index in [1.54, 1.807) is 0 Å². The smallest absolute Gasteiger partial charge is 0.237 e. The molecule has 1 aromatic rings. The van der Waals surface area contributed by atoms with Crippen LogP contribution in [0.15, 0.2) is 24.3 Å². The van der Waals surface area contributed by atoms with Crippen LogP contribution in [0.4, 0.5) is 0 Å². The maximum absolute atomic E-state index is 11.9. The Bertz CT molecular complexity index is 445. The molecule has 0 radical (unpaired) electrons. The first-order valence-corrected chi connectivity index (χ1v) is 6.94. The molecule has 0 saturated heterocycles. The Labute approximate surface area is 114 Å². The standard InChI is InChI=1S/C15H23N3O/c1-10(2)14(16)15(19)18-9-13-12-6-4-3-5-11(12)7-8-17-13/h3-6,10,13-14,17H,7-9,16H2,1-2H3,(H,18,19)/t13?,14-/m0/s1. The molecule has 1 heterocycles. The van der Waals surface area contributed by atoms with E-state index >= 15 is 0 Å². The number of carbonyl (C=O) groups excluding carboxylic acids is 1. The fourth-order valence-electron chi connectivity index (χ4n) is 2.40. The molecule has 2 atom stereocenters. The van der Waals surface area contributed by atoms with E-state index in [9.17, 15) is 4.79 Å². The molecule has 4 heteroatoms. The summed E-state index contributed by atoms with van der Waals surface area (Å²) in [7, 11) is 0. The van der Waals surface area contributed by atoms with Crippen LogP contribution in [0.3, 0.4) is 0 Å². The van der Waals surface area contributed by atoms with Gasteiger partial charge in [0.05, 0.1) is 6.04 Å². The Morgan fingerprint density at radius 1 is 1.47 bits per heavy atom. The number of amides is 1. The normalized spacial score (nSPS) is 19.9. The third kappa shape index (κ3) is 3.33. The van der Waals surface area contributed by atoms with Crippen molar-refractivity contribution in [2.75, 3.05) is 13.1 Å². The van der Waals surface area contributed by atoms with Gasteiger partial charge in [-0.25, -0.2) is 0 Å². The van der Waals surface area contributed by atoms with E-state index in [4.69, 9.17) is 5.73 Å². The molecule has 2 rings (SSSR count). The van der Waals surface area contributed by atoms with Crippen LogP contribution < -0.4 is 16.4 Å². The van der Waals surface area contributed by atoms with Gasteiger partial charge in [-0.15, -0.1) is 0 Å². The van der Waals surface area contributed by atoms with E-state index in [1.807, 2.05) is 19.9 Å². The van der Waals surface area contributed by atoms with E-state index in [-0.39, 0.29) is 17.9 Å². The van der Waals surface area contributed by atoms with Gasteiger partial charge in [0.25, 0.3) is 0 Å². The molecule has 104 valence electrons. The molecule has 1 aliphatic heterocycles. The average molecular weight is 261 g/mol. The van der Waals surface area contributed by atoms with Crippen LogP contribution in [-0.4, -0.2) is 25.0 Å². The predicted octanol–water partition coefficient (Wildman–Crippen LogP) is 0.973. The fraction of sp³-hybridized carbons (Fsp3) is 0.533. The number of rotatable bonds is 4. The van der Waals surface area contributed by atoms with Crippen LogP contribution in [0.5, 0.6) is 0 Å². The van der Waals surface area contributed by atoms with Crippen molar-refractivity contribution in [3.05, 3.63) is 35.4 Å². The highest BCUT2D eigenvalue weighted by molar-refractivity contribution is 5.81. The summed E-state index contributed by atoms with van der Waals surface area (Å²) in [6.45, 7) is 5.46. The molecule has 1 unspecified atom stereocenters. The number of nitrogens with two attached hydrogens (primary N) is 1. The number of carbonyl (C=O) groups is 1. The average Bonchev–Trinajstić information content (AvgIpc) is 2.43. The molecule has 19 heavy (non-hydrogen) atoms. The minimum absolute atomic E-state index is 0.0696. The van der Waals surface area contributed by atoms with E-state index in [0.717, 1.165) is 13.0 Å². The minimum atomic E-state index is -0.432. The van der Waals surface area contributed by atoms with Gasteiger partial charge >= 0.3 is 0 Å². The molecule has 4 N–H and O–H groups in total. The second-order valence-corrected chi connectivity index (χ2v) is 5.47. The van der Waals surface area contributed by atoms with Crippen LogP contribution in [0.25, 0.3) is 0 Å². The second kappa shape index (κ2) is 6.17. The summed E-state index contributed by atoms with van der Waals surface area (Å²) in [5.74, 6) is 0.0893. The molecule has 1 aromatic carbocycles. The lowest BCUT2D eigenvalue weighted by atomic mass is 9.94. The SMILES string of the molecule is CC(C)[C@H](N)C(=O)NCC1NCCc2ccccc21. The van der Waals surface area contributed by atoms with Gasteiger partial charge < -0.3 is 16.4 Å². The topological polar surface area (TPSA) is 67.2 Å². The third-order valence-electron chi connectivity index (χ3n) is 3.72. The summed E-state index contributed by atoms with van der Waals surface area (Å²) in [5, 5.41) is 6.39. The molecular weight excluding hydrogens is 238 g/mol. The van der Waals surface area contributed by atoms with Crippen LogP contribution in [0.2, 0.25) is 0 Å². The van der Waals surface area contributed by atoms with Crippen LogP contribution in [0.1, 0.15) is 31.0 Å². The highest BCUT2D eigenvalue weighted by atomic mass is 16.2. The Balaban J connectivity index is 1.96. The van der Waals surface area contributed by atoms with E-state index in [1.165, 1.54) is 11.1 Å². The Kier molecular flexibility index (Phi) is 4.56. The number of fused-ring (bicyclic) bond motifs is 1. The number of nitrogens with one attached hydrogen (secondary N) is 2. The largest absolute Gasteiger partial charge is 0.353 e. The van der Waals surface area contributed by atoms with Crippen molar-refractivity contribution >= 4 is 5.91 Å². The van der Waals surface area contributed by atoms with E-state index in [0.29, 0.717) is 6.54 Å². The number of hydrogen-bond donors (Lipinski definition) is 3. The third-order valence-corrected chi connectivity index (χ3v) is 3.72. The zero-order valence-corrected chi connectivity index (χ0v) is 11.6. The van der Waals surface area contributed by atoms with Gasteiger partial charge in [-0.1, -0.05) is 38.1 Å². The van der Waals surface area contributed by atoms with Crippen LogP contribution in [0, 0.1) is 5.92 Å². The Morgan fingerprint density at radius 3 is 2.95 bits per heavy atom. The van der Waals surface area contributed by atoms with Crippen molar-refractivity contribution in [2.24, 2.45) is 11.7 Å². The fourth-order valence-corrected chi connectivity index (χ4v) is 2.40. The van der Waals surface area contributed by atoms with Gasteiger partial charge in [-0.05, 0) is 30.0 Å². The predicted molar refractivity (Wildman–Crippen MR) is 76.7 cm³/mol. The number of benzene rings is 1. The first-order valence-electron chi connectivity index (χ1n) is 6.94. The van der Waals surface area contributed by atoms with Crippen molar-refractivity contribution in [3.8, 4) is 0 Å². The summed E-state index contributed by atoms with van der Waals surface area (Å²) in [4.78, 5) is 11.9. The maximum atomic E-state index is 11.9. The van der Waals surface area contributed by atoms with Gasteiger partial charge in [0.15, 0.2) is 0 Å². The zero-order chi connectivity index (χ0) is 13.8. The Morgan fingerprint density at radius 2 is 2.21 bits per heavy atom. The molecule has 0 spiro atoms. The molecular formula is C15H23N3O. The summed E-state index contributed by atoms with van der Waals surface area (Å²) in [6, 6.07) is 8.15. The highest BCUT2D eigenvalue weighted by Gasteiger charge is 2.22. The first-order chi connectivity index (χ1) is 9.09. The van der Waals surface area contributed by atoms with Gasteiger partial charge in [0.2, 0.25) is 5.91 Å². The summed E-state index contributed by atoms with van der Waals surface area (Å²) < 4.78 is 0. The van der Waals surface area contributed by atoms with Gasteiger partial charge in [-0.3, -0.25) is 4.79 Å². The lowest BCUT2D eigenvalue weighted by molar-refractivity contribution is -0.123. The van der Waals surface area contributed by atoms with Crippen molar-refractivity contribution in [2.45, 2.75) is 32.4 Å². The molecule has 1 aliphatic rings. The number of hydrogen-bond acceptors (Lipinski definition) is 3. The van der Waals surface area contributed by atoms with Crippen molar-refractivity contribution in [1.82, 2.24) is 10.6 Å². The van der Waals surface area contributed by atoms with Gasteiger partial charge in [0, 0.05) is 12.6 Å². The summed E-state index contributed by atoms with van der Waals surface area (Å²) in [5.41, 5.74) is 8.49. The summed E-state index contributed by atoms with van der Waals surface area (Å²) in [6.07, 6.45) is 1.05. The minimum Gasteiger partial charge on any atom is -0.353 e. The van der Waals surface area contributed by atoms with Gasteiger partial charge in [-0.2, -0.15) is 0 Å². The van der Waals surface area contributed by atoms with Crippen LogP contribution >= 0.6 is 0 Å². The van der Waals surface area contributed by atoms with E-state index in [2.05, 4.69) is 28.8 Å². The van der Waals surface area contributed by atoms with E-state index < -0.39 is 6.04 Å². The van der Waals surface area contributed by atoms with Crippen molar-refractivity contribution in [1.29, 1.82) is 0 Å². The van der Waals surface area contributed by atoms with Crippen molar-refractivity contribution in [3.63, 3.8) is 0 Å². The highest BCUT2D eigenvalue weighted by Crippen LogP contribution is 2.21.